The van der Waals surface area contributed by atoms with Crippen molar-refractivity contribution < 1.29 is 36.6 Å². The van der Waals surface area contributed by atoms with Gasteiger partial charge in [0.15, 0.2) is 11.4 Å². The average Bonchev–Trinajstić information content (AvgIpc) is 3.07. The SMILES string of the molecule is COC(=O)C(CC(F)(F)F)NC(=O)c1c(C)nc2c(OCc3ncccc3F)cccn12. The monoisotopic (exact) mass is 454 g/mol. The van der Waals surface area contributed by atoms with Crippen molar-refractivity contribution in [1.82, 2.24) is 19.7 Å². The van der Waals surface area contributed by atoms with E-state index >= 15 is 0 Å². The summed E-state index contributed by atoms with van der Waals surface area (Å²) in [5.74, 6) is -2.55. The van der Waals surface area contributed by atoms with Gasteiger partial charge in [-0.3, -0.25) is 14.2 Å². The molecule has 12 heteroatoms. The van der Waals surface area contributed by atoms with Gasteiger partial charge in [-0.05, 0) is 31.2 Å². The first-order valence-corrected chi connectivity index (χ1v) is 9.26. The summed E-state index contributed by atoms with van der Waals surface area (Å²) in [6, 6.07) is 3.79. The van der Waals surface area contributed by atoms with E-state index in [4.69, 9.17) is 4.74 Å². The van der Waals surface area contributed by atoms with E-state index in [9.17, 15) is 27.2 Å². The standard InChI is InChI=1S/C20H18F4N4O4/c1-11-16(18(29)27-13(19(30)31-2)9-20(22,23)24)28-8-4-6-15(17(28)26-11)32-10-14-12(21)5-3-7-25-14/h3-8,13H,9-10H2,1-2H3,(H,27,29). The number of fused-ring (bicyclic) bond motifs is 1. The van der Waals surface area contributed by atoms with Gasteiger partial charge in [-0.2, -0.15) is 13.2 Å². The van der Waals surface area contributed by atoms with E-state index in [2.05, 4.69) is 14.7 Å². The average molecular weight is 454 g/mol. The van der Waals surface area contributed by atoms with Crippen LogP contribution in [0.1, 0.15) is 28.3 Å². The number of aromatic nitrogens is 3. The summed E-state index contributed by atoms with van der Waals surface area (Å²) < 4.78 is 63.5. The molecule has 1 N–H and O–H groups in total. The molecule has 0 saturated carbocycles. The third-order valence-corrected chi connectivity index (χ3v) is 4.43. The molecule has 1 atom stereocenters. The van der Waals surface area contributed by atoms with Crippen LogP contribution in [0.25, 0.3) is 5.65 Å². The lowest BCUT2D eigenvalue weighted by molar-refractivity contribution is -0.160. The zero-order valence-corrected chi connectivity index (χ0v) is 16.9. The van der Waals surface area contributed by atoms with Crippen LogP contribution in [0, 0.1) is 12.7 Å². The summed E-state index contributed by atoms with van der Waals surface area (Å²) in [6.07, 6.45) is -3.44. The van der Waals surface area contributed by atoms with Gasteiger partial charge in [0.05, 0.1) is 19.2 Å². The minimum Gasteiger partial charge on any atom is -0.483 e. The van der Waals surface area contributed by atoms with Crippen LogP contribution in [-0.4, -0.2) is 45.6 Å². The number of halogens is 4. The molecule has 0 fully saturated rings. The number of imidazole rings is 1. The molecule has 1 amide bonds. The number of carbonyl (C=O) groups is 2. The maximum Gasteiger partial charge on any atom is 0.391 e. The zero-order valence-electron chi connectivity index (χ0n) is 16.9. The summed E-state index contributed by atoms with van der Waals surface area (Å²) in [5, 5.41) is 2.05. The molecule has 32 heavy (non-hydrogen) atoms. The number of hydrogen-bond donors (Lipinski definition) is 1. The van der Waals surface area contributed by atoms with Gasteiger partial charge < -0.3 is 14.8 Å². The summed E-state index contributed by atoms with van der Waals surface area (Å²) in [4.78, 5) is 32.6. The quantitative estimate of drug-likeness (QED) is 0.436. The lowest BCUT2D eigenvalue weighted by atomic mass is 10.2. The minimum atomic E-state index is -4.71. The highest BCUT2D eigenvalue weighted by atomic mass is 19.4. The fraction of sp³-hybridized carbons (Fsp3) is 0.300. The van der Waals surface area contributed by atoms with Gasteiger partial charge in [-0.1, -0.05) is 0 Å². The Morgan fingerprint density at radius 1 is 1.25 bits per heavy atom. The first-order valence-electron chi connectivity index (χ1n) is 9.26. The van der Waals surface area contributed by atoms with Crippen LogP contribution < -0.4 is 10.1 Å². The van der Waals surface area contributed by atoms with Crippen molar-refractivity contribution in [3.63, 3.8) is 0 Å². The molecule has 3 heterocycles. The van der Waals surface area contributed by atoms with Gasteiger partial charge in [-0.15, -0.1) is 0 Å². The number of nitrogens with one attached hydrogen (secondary N) is 1. The molecule has 0 radical (unpaired) electrons. The van der Waals surface area contributed by atoms with Crippen LogP contribution in [-0.2, 0) is 16.1 Å². The smallest absolute Gasteiger partial charge is 0.391 e. The first kappa shape index (κ1) is 23.0. The largest absolute Gasteiger partial charge is 0.483 e. The Morgan fingerprint density at radius 2 is 2.00 bits per heavy atom. The van der Waals surface area contributed by atoms with Crippen molar-refractivity contribution in [2.45, 2.75) is 32.2 Å². The minimum absolute atomic E-state index is 0.0591. The molecule has 3 rings (SSSR count). The summed E-state index contributed by atoms with van der Waals surface area (Å²) in [7, 11) is 0.922. The second kappa shape index (κ2) is 9.20. The van der Waals surface area contributed by atoms with E-state index in [1.54, 1.807) is 0 Å². The van der Waals surface area contributed by atoms with Crippen LogP contribution in [0.5, 0.6) is 5.75 Å². The molecule has 0 saturated heterocycles. The molecule has 3 aromatic rings. The van der Waals surface area contributed by atoms with E-state index in [1.165, 1.54) is 48.0 Å². The number of methoxy groups -OCH3 is 1. The maximum absolute atomic E-state index is 13.8. The topological polar surface area (TPSA) is 94.8 Å². The van der Waals surface area contributed by atoms with Gasteiger partial charge in [0.2, 0.25) is 0 Å². The van der Waals surface area contributed by atoms with E-state index < -0.39 is 36.3 Å². The second-order valence-corrected chi connectivity index (χ2v) is 6.70. The van der Waals surface area contributed by atoms with Gasteiger partial charge in [0, 0.05) is 12.4 Å². The first-order chi connectivity index (χ1) is 15.1. The number of hydrogen-bond acceptors (Lipinski definition) is 6. The number of alkyl halides is 3. The number of nitrogens with zero attached hydrogens (tertiary/aromatic N) is 3. The molecular formula is C20H18F4N4O4. The molecule has 0 aromatic carbocycles. The third-order valence-electron chi connectivity index (χ3n) is 4.43. The number of pyridine rings is 2. The molecule has 170 valence electrons. The van der Waals surface area contributed by atoms with Crippen molar-refractivity contribution in [2.24, 2.45) is 0 Å². The Balaban J connectivity index is 1.88. The predicted molar refractivity (Wildman–Crippen MR) is 102 cm³/mol. The summed E-state index contributed by atoms with van der Waals surface area (Å²) in [5.41, 5.74) is 0.324. The molecule has 0 aliphatic heterocycles. The normalized spacial score (nSPS) is 12.4. The van der Waals surface area contributed by atoms with Crippen molar-refractivity contribution in [2.75, 3.05) is 7.11 Å². The zero-order chi connectivity index (χ0) is 23.5. The predicted octanol–water partition coefficient (Wildman–Crippen LogP) is 2.98. The van der Waals surface area contributed by atoms with Gasteiger partial charge in [0.25, 0.3) is 5.91 Å². The molecule has 8 nitrogen and oxygen atoms in total. The Morgan fingerprint density at radius 3 is 2.66 bits per heavy atom. The van der Waals surface area contributed by atoms with E-state index in [0.717, 1.165) is 7.11 Å². The van der Waals surface area contributed by atoms with Gasteiger partial charge in [0.1, 0.15) is 29.9 Å². The highest BCUT2D eigenvalue weighted by Crippen LogP contribution is 2.25. The summed E-state index contributed by atoms with van der Waals surface area (Å²) >= 11 is 0. The second-order valence-electron chi connectivity index (χ2n) is 6.70. The number of carbonyl (C=O) groups excluding carboxylic acids is 2. The van der Waals surface area contributed by atoms with Crippen molar-refractivity contribution in [3.8, 4) is 5.75 Å². The summed E-state index contributed by atoms with van der Waals surface area (Å²) in [6.45, 7) is 1.26. The maximum atomic E-state index is 13.8. The van der Waals surface area contributed by atoms with Crippen molar-refractivity contribution in [1.29, 1.82) is 0 Å². The van der Waals surface area contributed by atoms with Crippen LogP contribution >= 0.6 is 0 Å². The van der Waals surface area contributed by atoms with Crippen molar-refractivity contribution >= 4 is 17.5 Å². The van der Waals surface area contributed by atoms with E-state index in [0.29, 0.717) is 0 Å². The lowest BCUT2D eigenvalue weighted by Gasteiger charge is -2.18. The lowest BCUT2D eigenvalue weighted by Crippen LogP contribution is -2.44. The number of esters is 1. The molecule has 0 bridgehead atoms. The van der Waals surface area contributed by atoms with E-state index in [1.807, 2.05) is 5.32 Å². The number of rotatable bonds is 7. The van der Waals surface area contributed by atoms with Crippen LogP contribution in [0.4, 0.5) is 17.6 Å². The third kappa shape index (κ3) is 5.13. The van der Waals surface area contributed by atoms with Gasteiger partial charge in [-0.25, -0.2) is 14.2 Å². The highest BCUT2D eigenvalue weighted by Gasteiger charge is 2.37. The Bertz CT molecular complexity index is 1150. The number of ether oxygens (including phenoxy) is 2. The highest BCUT2D eigenvalue weighted by molar-refractivity contribution is 5.97. The Labute approximate surface area is 179 Å². The fourth-order valence-electron chi connectivity index (χ4n) is 3.01. The number of aryl methyl sites for hydroxylation is 1. The Kier molecular flexibility index (Phi) is 6.61. The molecular weight excluding hydrogens is 436 g/mol. The fourth-order valence-corrected chi connectivity index (χ4v) is 3.01. The van der Waals surface area contributed by atoms with Crippen LogP contribution in [0.3, 0.4) is 0 Å². The molecule has 3 aromatic heterocycles. The van der Waals surface area contributed by atoms with E-state index in [-0.39, 0.29) is 35.1 Å². The van der Waals surface area contributed by atoms with Crippen molar-refractivity contribution in [3.05, 3.63) is 59.6 Å². The number of amides is 1. The molecule has 1 unspecified atom stereocenters. The molecule has 0 aliphatic rings. The van der Waals surface area contributed by atoms with Gasteiger partial charge >= 0.3 is 12.1 Å². The molecule has 0 spiro atoms. The van der Waals surface area contributed by atoms with Crippen LogP contribution in [0.15, 0.2) is 36.7 Å². The Hall–Kier alpha value is -3.70. The van der Waals surface area contributed by atoms with Crippen LogP contribution in [0.2, 0.25) is 0 Å². The molecule has 0 aliphatic carbocycles.